The van der Waals surface area contributed by atoms with Crippen LogP contribution in [0.1, 0.15) is 40.9 Å². The van der Waals surface area contributed by atoms with Crippen LogP contribution in [0.3, 0.4) is 0 Å². The van der Waals surface area contributed by atoms with Crippen LogP contribution in [0.4, 0.5) is 4.79 Å². The van der Waals surface area contributed by atoms with Gasteiger partial charge in [0.15, 0.2) is 6.10 Å². The second-order valence-electron chi connectivity index (χ2n) is 4.47. The van der Waals surface area contributed by atoms with Gasteiger partial charge in [0.1, 0.15) is 4.88 Å². The molecule has 1 aromatic heterocycles. The van der Waals surface area contributed by atoms with Crippen molar-refractivity contribution < 1.29 is 19.1 Å². The monoisotopic (exact) mass is 312 g/mol. The van der Waals surface area contributed by atoms with Crippen molar-refractivity contribution in [1.29, 1.82) is 0 Å². The number of rotatable bonds is 5. The summed E-state index contributed by atoms with van der Waals surface area (Å²) in [5, 5.41) is 4.53. The first-order valence-corrected chi connectivity index (χ1v) is 7.59. The van der Waals surface area contributed by atoms with E-state index in [1.54, 1.807) is 13.0 Å². The van der Waals surface area contributed by atoms with E-state index in [1.807, 2.05) is 13.8 Å². The van der Waals surface area contributed by atoms with Crippen LogP contribution >= 0.6 is 11.3 Å². The molecule has 0 bridgehead atoms. The van der Waals surface area contributed by atoms with Crippen LogP contribution in [-0.2, 0) is 16.0 Å². The Morgan fingerprint density at radius 3 is 2.52 bits per heavy atom. The first kappa shape index (κ1) is 17.2. The Hall–Kier alpha value is -1.89. The van der Waals surface area contributed by atoms with Gasteiger partial charge in [0, 0.05) is 11.4 Å². The maximum Gasteiger partial charge on any atom is 0.349 e. The number of urea groups is 1. The first-order valence-electron chi connectivity index (χ1n) is 6.78. The van der Waals surface area contributed by atoms with E-state index in [2.05, 4.69) is 10.6 Å². The van der Waals surface area contributed by atoms with Gasteiger partial charge < -0.3 is 10.1 Å². The Kier molecular flexibility index (Phi) is 6.36. The van der Waals surface area contributed by atoms with Gasteiger partial charge in [-0.3, -0.25) is 10.1 Å². The average Bonchev–Trinajstić information content (AvgIpc) is 2.80. The third-order valence-electron chi connectivity index (χ3n) is 2.77. The molecule has 1 unspecified atom stereocenters. The van der Waals surface area contributed by atoms with Crippen LogP contribution in [0, 0.1) is 6.92 Å². The second kappa shape index (κ2) is 7.78. The highest BCUT2D eigenvalue weighted by atomic mass is 32.1. The van der Waals surface area contributed by atoms with Crippen molar-refractivity contribution in [2.24, 2.45) is 0 Å². The molecule has 1 rings (SSSR count). The number of aryl methyl sites for hydroxylation is 2. The number of carbonyl (C=O) groups is 3. The van der Waals surface area contributed by atoms with Crippen LogP contribution in [0.2, 0.25) is 0 Å². The van der Waals surface area contributed by atoms with E-state index >= 15 is 0 Å². The van der Waals surface area contributed by atoms with Gasteiger partial charge in [0.05, 0.1) is 0 Å². The number of hydrogen-bond acceptors (Lipinski definition) is 5. The number of thiophene rings is 1. The molecular formula is C14H20N2O4S. The van der Waals surface area contributed by atoms with Crippen LogP contribution in [0.25, 0.3) is 0 Å². The summed E-state index contributed by atoms with van der Waals surface area (Å²) < 4.78 is 5.07. The lowest BCUT2D eigenvalue weighted by atomic mass is 10.2. The largest absolute Gasteiger partial charge is 0.448 e. The van der Waals surface area contributed by atoms with Crippen LogP contribution < -0.4 is 10.6 Å². The lowest BCUT2D eigenvalue weighted by Gasteiger charge is -2.12. The summed E-state index contributed by atoms with van der Waals surface area (Å²) in [6.07, 6.45) is -0.190. The predicted octanol–water partition coefficient (Wildman–Crippen LogP) is 2.01. The summed E-state index contributed by atoms with van der Waals surface area (Å²) in [4.78, 5) is 36.4. The number of amides is 3. The number of nitrogens with one attached hydrogen (secondary N) is 2. The van der Waals surface area contributed by atoms with Gasteiger partial charge in [0.25, 0.3) is 5.91 Å². The quantitative estimate of drug-likeness (QED) is 0.815. The molecule has 0 aliphatic heterocycles. The molecule has 0 radical (unpaired) electrons. The molecule has 21 heavy (non-hydrogen) atoms. The molecule has 0 fully saturated rings. The lowest BCUT2D eigenvalue weighted by molar-refractivity contribution is -0.127. The lowest BCUT2D eigenvalue weighted by Crippen LogP contribution is -2.44. The topological polar surface area (TPSA) is 84.5 Å². The molecule has 1 aromatic rings. The molecule has 116 valence electrons. The third-order valence-corrected chi connectivity index (χ3v) is 4.13. The van der Waals surface area contributed by atoms with E-state index < -0.39 is 24.0 Å². The Balaban J connectivity index is 2.60. The zero-order valence-electron chi connectivity index (χ0n) is 12.6. The minimum atomic E-state index is -1.03. The van der Waals surface area contributed by atoms with E-state index in [4.69, 9.17) is 4.74 Å². The minimum Gasteiger partial charge on any atom is -0.448 e. The summed E-state index contributed by atoms with van der Waals surface area (Å²) in [6.45, 7) is 7.50. The summed E-state index contributed by atoms with van der Waals surface area (Å²) in [6, 6.07) is 1.14. The van der Waals surface area contributed by atoms with Crippen molar-refractivity contribution in [2.75, 3.05) is 6.54 Å². The maximum absolute atomic E-state index is 12.0. The van der Waals surface area contributed by atoms with Gasteiger partial charge in [-0.25, -0.2) is 9.59 Å². The highest BCUT2D eigenvalue weighted by Gasteiger charge is 2.22. The molecule has 0 spiro atoms. The zero-order chi connectivity index (χ0) is 16.0. The standard InChI is InChI=1S/C14H20N2O4S/c1-5-10-8(3)7-11(21-10)13(18)20-9(4)12(17)16-14(19)15-6-2/h7,9H,5-6H2,1-4H3,(H2,15,16,17,19). The van der Waals surface area contributed by atoms with E-state index in [-0.39, 0.29) is 0 Å². The van der Waals surface area contributed by atoms with Gasteiger partial charge in [-0.15, -0.1) is 11.3 Å². The normalized spacial score (nSPS) is 11.6. The van der Waals surface area contributed by atoms with Crippen molar-refractivity contribution in [3.8, 4) is 0 Å². The summed E-state index contributed by atoms with van der Waals surface area (Å²) in [5.74, 6) is -1.21. The van der Waals surface area contributed by atoms with Crippen molar-refractivity contribution >= 4 is 29.2 Å². The van der Waals surface area contributed by atoms with Gasteiger partial charge in [-0.05, 0) is 38.8 Å². The SMILES string of the molecule is CCNC(=O)NC(=O)C(C)OC(=O)c1cc(C)c(CC)s1. The van der Waals surface area contributed by atoms with Crippen molar-refractivity contribution in [3.05, 3.63) is 21.4 Å². The highest BCUT2D eigenvalue weighted by molar-refractivity contribution is 7.14. The van der Waals surface area contributed by atoms with E-state index in [1.165, 1.54) is 18.3 Å². The molecule has 0 saturated heterocycles. The Labute approximate surface area is 127 Å². The Bertz CT molecular complexity index is 539. The van der Waals surface area contributed by atoms with Crippen molar-refractivity contribution in [3.63, 3.8) is 0 Å². The van der Waals surface area contributed by atoms with Crippen LogP contribution in [0.5, 0.6) is 0 Å². The minimum absolute atomic E-state index is 0.404. The Morgan fingerprint density at radius 1 is 1.33 bits per heavy atom. The molecule has 3 amide bonds. The molecular weight excluding hydrogens is 292 g/mol. The van der Waals surface area contributed by atoms with Crippen molar-refractivity contribution in [1.82, 2.24) is 10.6 Å². The number of esters is 1. The molecule has 6 nitrogen and oxygen atoms in total. The fraction of sp³-hybridized carbons (Fsp3) is 0.500. The Morgan fingerprint density at radius 2 is 2.00 bits per heavy atom. The summed E-state index contributed by atoms with van der Waals surface area (Å²) >= 11 is 1.36. The molecule has 1 heterocycles. The summed E-state index contributed by atoms with van der Waals surface area (Å²) in [7, 11) is 0. The van der Waals surface area contributed by atoms with E-state index in [0.717, 1.165) is 16.9 Å². The third kappa shape index (κ3) is 4.86. The zero-order valence-corrected chi connectivity index (χ0v) is 13.4. The molecule has 0 aliphatic carbocycles. The first-order chi connectivity index (χ1) is 9.88. The fourth-order valence-corrected chi connectivity index (χ4v) is 2.66. The number of ether oxygens (including phenoxy) is 1. The van der Waals surface area contributed by atoms with Crippen LogP contribution in [0.15, 0.2) is 6.07 Å². The highest BCUT2D eigenvalue weighted by Crippen LogP contribution is 2.23. The molecule has 0 aliphatic rings. The van der Waals surface area contributed by atoms with Crippen molar-refractivity contribution in [2.45, 2.75) is 40.2 Å². The van der Waals surface area contributed by atoms with Crippen LogP contribution in [-0.4, -0.2) is 30.6 Å². The molecule has 7 heteroatoms. The number of imide groups is 1. The summed E-state index contributed by atoms with van der Waals surface area (Å²) in [5.41, 5.74) is 1.04. The van der Waals surface area contributed by atoms with E-state index in [0.29, 0.717) is 11.4 Å². The van der Waals surface area contributed by atoms with E-state index in [9.17, 15) is 14.4 Å². The average molecular weight is 312 g/mol. The predicted molar refractivity (Wildman–Crippen MR) is 80.5 cm³/mol. The maximum atomic E-state index is 12.0. The molecule has 2 N–H and O–H groups in total. The smallest absolute Gasteiger partial charge is 0.349 e. The van der Waals surface area contributed by atoms with Gasteiger partial charge >= 0.3 is 12.0 Å². The van der Waals surface area contributed by atoms with Gasteiger partial charge in [-0.2, -0.15) is 0 Å². The molecule has 0 aromatic carbocycles. The number of carbonyl (C=O) groups excluding carboxylic acids is 3. The molecule has 0 saturated carbocycles. The van der Waals surface area contributed by atoms with Gasteiger partial charge in [0.2, 0.25) is 0 Å². The second-order valence-corrected chi connectivity index (χ2v) is 5.60. The fourth-order valence-electron chi connectivity index (χ4n) is 1.66. The molecule has 1 atom stereocenters. The number of hydrogen-bond donors (Lipinski definition) is 2. The van der Waals surface area contributed by atoms with Gasteiger partial charge in [-0.1, -0.05) is 6.92 Å².